The topological polar surface area (TPSA) is 32.3 Å². The molecular formula is C19H21ClF2N2O. The maximum absolute atomic E-state index is 14.5. The Labute approximate surface area is 152 Å². The second kappa shape index (κ2) is 7.93. The van der Waals surface area contributed by atoms with Crippen molar-refractivity contribution in [3.8, 4) is 11.1 Å². The second-order valence-electron chi connectivity index (χ2n) is 6.26. The van der Waals surface area contributed by atoms with Gasteiger partial charge >= 0.3 is 0 Å². The molecule has 2 aromatic carbocycles. The number of halogens is 3. The monoisotopic (exact) mass is 366 g/mol. The zero-order valence-corrected chi connectivity index (χ0v) is 15.0. The van der Waals surface area contributed by atoms with Crippen LogP contribution in [0.1, 0.15) is 22.8 Å². The van der Waals surface area contributed by atoms with Crippen LogP contribution in [0.2, 0.25) is 0 Å². The van der Waals surface area contributed by atoms with E-state index in [9.17, 15) is 13.6 Å². The molecule has 134 valence electrons. The smallest absolute Gasteiger partial charge is 0.254 e. The SMILES string of the molecule is Cc1cc(F)ccc1-c1ccc(C(=O)N2CCNC(C)C2)cc1F.Cl. The number of carbonyl (C=O) groups is 1. The minimum Gasteiger partial charge on any atom is -0.336 e. The lowest BCUT2D eigenvalue weighted by molar-refractivity contribution is 0.0708. The van der Waals surface area contributed by atoms with Crippen molar-refractivity contribution in [2.24, 2.45) is 0 Å². The van der Waals surface area contributed by atoms with Crippen molar-refractivity contribution < 1.29 is 13.6 Å². The van der Waals surface area contributed by atoms with Crippen molar-refractivity contribution >= 4 is 18.3 Å². The molecule has 0 spiro atoms. The summed E-state index contributed by atoms with van der Waals surface area (Å²) in [5, 5.41) is 3.27. The number of hydrogen-bond donors (Lipinski definition) is 1. The average molecular weight is 367 g/mol. The van der Waals surface area contributed by atoms with Crippen LogP contribution < -0.4 is 5.32 Å². The first-order valence-corrected chi connectivity index (χ1v) is 8.04. The lowest BCUT2D eigenvalue weighted by Crippen LogP contribution is -2.51. The van der Waals surface area contributed by atoms with E-state index in [1.165, 1.54) is 18.2 Å². The quantitative estimate of drug-likeness (QED) is 0.876. The molecule has 2 aromatic rings. The minimum atomic E-state index is -0.473. The highest BCUT2D eigenvalue weighted by atomic mass is 35.5. The van der Waals surface area contributed by atoms with Gasteiger partial charge in [0, 0.05) is 36.8 Å². The Morgan fingerprint density at radius 2 is 1.88 bits per heavy atom. The first-order chi connectivity index (χ1) is 11.5. The van der Waals surface area contributed by atoms with Gasteiger partial charge in [-0.1, -0.05) is 12.1 Å². The number of piperazine rings is 1. The fourth-order valence-corrected chi connectivity index (χ4v) is 3.10. The number of hydrogen-bond acceptors (Lipinski definition) is 2. The summed E-state index contributed by atoms with van der Waals surface area (Å²) in [7, 11) is 0. The number of nitrogens with zero attached hydrogens (tertiary/aromatic N) is 1. The number of benzene rings is 2. The summed E-state index contributed by atoms with van der Waals surface area (Å²) in [4.78, 5) is 14.3. The minimum absolute atomic E-state index is 0. The molecule has 1 saturated heterocycles. The van der Waals surface area contributed by atoms with Gasteiger partial charge in [0.2, 0.25) is 0 Å². The molecule has 0 aromatic heterocycles. The van der Waals surface area contributed by atoms with E-state index >= 15 is 0 Å². The van der Waals surface area contributed by atoms with E-state index in [1.807, 2.05) is 6.92 Å². The highest BCUT2D eigenvalue weighted by Gasteiger charge is 2.22. The van der Waals surface area contributed by atoms with Crippen molar-refractivity contribution in [2.45, 2.75) is 19.9 Å². The lowest BCUT2D eigenvalue weighted by Gasteiger charge is -2.32. The van der Waals surface area contributed by atoms with Crippen LogP contribution in [0.5, 0.6) is 0 Å². The summed E-state index contributed by atoms with van der Waals surface area (Å²) < 4.78 is 27.8. The maximum Gasteiger partial charge on any atom is 0.254 e. The average Bonchev–Trinajstić information content (AvgIpc) is 2.55. The Morgan fingerprint density at radius 3 is 2.52 bits per heavy atom. The van der Waals surface area contributed by atoms with Crippen molar-refractivity contribution in [3.63, 3.8) is 0 Å². The van der Waals surface area contributed by atoms with E-state index in [4.69, 9.17) is 0 Å². The molecule has 0 saturated carbocycles. The van der Waals surface area contributed by atoms with E-state index in [0.717, 1.165) is 6.54 Å². The van der Waals surface area contributed by atoms with Gasteiger partial charge in [-0.05, 0) is 49.2 Å². The molecular weight excluding hydrogens is 346 g/mol. The third kappa shape index (κ3) is 4.17. The fourth-order valence-electron chi connectivity index (χ4n) is 3.10. The van der Waals surface area contributed by atoms with Crippen molar-refractivity contribution in [1.29, 1.82) is 0 Å². The molecule has 1 fully saturated rings. The first kappa shape index (κ1) is 19.3. The zero-order valence-electron chi connectivity index (χ0n) is 14.2. The van der Waals surface area contributed by atoms with Crippen LogP contribution in [0.4, 0.5) is 8.78 Å². The van der Waals surface area contributed by atoms with Gasteiger partial charge in [-0.3, -0.25) is 4.79 Å². The lowest BCUT2D eigenvalue weighted by atomic mass is 9.98. The number of nitrogens with one attached hydrogen (secondary N) is 1. The molecule has 0 bridgehead atoms. The van der Waals surface area contributed by atoms with Gasteiger partial charge in [-0.2, -0.15) is 0 Å². The normalized spacial score (nSPS) is 17.1. The number of aryl methyl sites for hydroxylation is 1. The predicted octanol–water partition coefficient (Wildman–Crippen LogP) is 3.80. The Morgan fingerprint density at radius 1 is 1.16 bits per heavy atom. The summed E-state index contributed by atoms with van der Waals surface area (Å²) in [5.41, 5.74) is 2.00. The van der Waals surface area contributed by atoms with E-state index < -0.39 is 5.82 Å². The molecule has 3 nitrogen and oxygen atoms in total. The molecule has 25 heavy (non-hydrogen) atoms. The van der Waals surface area contributed by atoms with Crippen LogP contribution in [0.15, 0.2) is 36.4 Å². The summed E-state index contributed by atoms with van der Waals surface area (Å²) in [6, 6.07) is 8.97. The van der Waals surface area contributed by atoms with Gasteiger partial charge in [0.1, 0.15) is 11.6 Å². The van der Waals surface area contributed by atoms with Crippen LogP contribution in [-0.4, -0.2) is 36.5 Å². The predicted molar refractivity (Wildman–Crippen MR) is 97.1 cm³/mol. The standard InChI is InChI=1S/C19H20F2N2O.ClH/c1-12-9-15(20)4-6-16(12)17-5-3-14(10-18(17)21)19(24)23-8-7-22-13(2)11-23;/h3-6,9-10,13,22H,7-8,11H2,1-2H3;1H. The number of rotatable bonds is 2. The summed E-state index contributed by atoms with van der Waals surface area (Å²) in [5.74, 6) is -0.986. The third-order valence-corrected chi connectivity index (χ3v) is 4.35. The number of amides is 1. The molecule has 1 atom stereocenters. The number of carbonyl (C=O) groups excluding carboxylic acids is 1. The molecule has 6 heteroatoms. The molecule has 1 N–H and O–H groups in total. The summed E-state index contributed by atoms with van der Waals surface area (Å²) >= 11 is 0. The van der Waals surface area contributed by atoms with Crippen LogP contribution in [0.25, 0.3) is 11.1 Å². The Balaban J connectivity index is 0.00000225. The Bertz CT molecular complexity index is 782. The maximum atomic E-state index is 14.5. The van der Waals surface area contributed by atoms with Gasteiger partial charge in [-0.25, -0.2) is 8.78 Å². The van der Waals surface area contributed by atoms with Gasteiger partial charge in [0.25, 0.3) is 5.91 Å². The fraction of sp³-hybridized carbons (Fsp3) is 0.316. The van der Waals surface area contributed by atoms with Gasteiger partial charge in [0.05, 0.1) is 0 Å². The van der Waals surface area contributed by atoms with Crippen LogP contribution in [0, 0.1) is 18.6 Å². The van der Waals surface area contributed by atoms with E-state index in [1.54, 1.807) is 30.0 Å². The largest absolute Gasteiger partial charge is 0.336 e. The zero-order chi connectivity index (χ0) is 17.3. The Kier molecular flexibility index (Phi) is 6.14. The van der Waals surface area contributed by atoms with E-state index in [0.29, 0.717) is 35.3 Å². The molecule has 0 aliphatic carbocycles. The van der Waals surface area contributed by atoms with Crippen LogP contribution in [-0.2, 0) is 0 Å². The Hall–Kier alpha value is -1.98. The molecule has 1 unspecified atom stereocenters. The van der Waals surface area contributed by atoms with Crippen LogP contribution >= 0.6 is 12.4 Å². The van der Waals surface area contributed by atoms with Gasteiger partial charge < -0.3 is 10.2 Å². The van der Waals surface area contributed by atoms with Crippen LogP contribution in [0.3, 0.4) is 0 Å². The summed E-state index contributed by atoms with van der Waals surface area (Å²) in [6.45, 7) is 5.71. The van der Waals surface area contributed by atoms with Crippen molar-refractivity contribution in [2.75, 3.05) is 19.6 Å². The summed E-state index contributed by atoms with van der Waals surface area (Å²) in [6.07, 6.45) is 0. The van der Waals surface area contributed by atoms with E-state index in [-0.39, 0.29) is 30.2 Å². The molecule has 1 amide bonds. The highest BCUT2D eigenvalue weighted by molar-refractivity contribution is 5.95. The molecule has 3 rings (SSSR count). The molecule has 1 aliphatic rings. The first-order valence-electron chi connectivity index (χ1n) is 8.04. The molecule has 1 heterocycles. The van der Waals surface area contributed by atoms with Crippen molar-refractivity contribution in [1.82, 2.24) is 10.2 Å². The molecule has 0 radical (unpaired) electrons. The van der Waals surface area contributed by atoms with E-state index in [2.05, 4.69) is 5.32 Å². The van der Waals surface area contributed by atoms with Crippen molar-refractivity contribution in [3.05, 3.63) is 59.2 Å². The van der Waals surface area contributed by atoms with Gasteiger partial charge in [0.15, 0.2) is 0 Å². The second-order valence-corrected chi connectivity index (χ2v) is 6.26. The third-order valence-electron chi connectivity index (χ3n) is 4.35. The molecule has 1 aliphatic heterocycles. The van der Waals surface area contributed by atoms with Gasteiger partial charge in [-0.15, -0.1) is 12.4 Å². The highest BCUT2D eigenvalue weighted by Crippen LogP contribution is 2.27.